The lowest BCUT2D eigenvalue weighted by Crippen LogP contribution is -2.67. The zero-order valence-corrected chi connectivity index (χ0v) is 26.8. The Kier molecular flexibility index (Phi) is 8.52. The van der Waals surface area contributed by atoms with Crippen molar-refractivity contribution in [2.24, 2.45) is 4.99 Å². The van der Waals surface area contributed by atoms with Crippen molar-refractivity contribution in [1.29, 1.82) is 0 Å². The van der Waals surface area contributed by atoms with Crippen LogP contribution in [0.4, 0.5) is 37.7 Å². The number of alkyl halides is 6. The number of rotatable bonds is 6. The monoisotopic (exact) mass is 685 g/mol. The third kappa shape index (κ3) is 7.75. The molecule has 0 aromatic heterocycles. The van der Waals surface area contributed by atoms with E-state index >= 15 is 0 Å². The number of fused-ring (bicyclic) bond motifs is 2. The summed E-state index contributed by atoms with van der Waals surface area (Å²) < 4.78 is 86.9. The molecule has 0 amide bonds. The molecule has 14 heteroatoms. The third-order valence-corrected chi connectivity index (χ3v) is 8.18. The number of piperidine rings is 1. The maximum atomic E-state index is 12.9. The van der Waals surface area contributed by atoms with Crippen molar-refractivity contribution in [1.82, 2.24) is 14.9 Å². The summed E-state index contributed by atoms with van der Waals surface area (Å²) >= 11 is 0. The van der Waals surface area contributed by atoms with Crippen LogP contribution in [0.3, 0.4) is 0 Å². The molecule has 1 saturated heterocycles. The van der Waals surface area contributed by atoms with Crippen LogP contribution in [-0.2, 0) is 0 Å². The lowest BCUT2D eigenvalue weighted by Gasteiger charge is -2.48. The van der Waals surface area contributed by atoms with Crippen molar-refractivity contribution in [3.05, 3.63) is 90.3 Å². The summed E-state index contributed by atoms with van der Waals surface area (Å²) in [6.07, 6.45) is -10.1. The van der Waals surface area contributed by atoms with Crippen molar-refractivity contribution in [3.8, 4) is 28.6 Å². The van der Waals surface area contributed by atoms with Gasteiger partial charge in [-0.25, -0.2) is 4.98 Å². The first-order valence-electron chi connectivity index (χ1n) is 15.3. The highest BCUT2D eigenvalue weighted by Crippen LogP contribution is 2.34. The van der Waals surface area contributed by atoms with Crippen LogP contribution in [0.25, 0.3) is 28.1 Å². The lowest BCUT2D eigenvalue weighted by molar-refractivity contribution is -0.275. The number of para-hydroxylation sites is 2. The van der Waals surface area contributed by atoms with Crippen LogP contribution in [0.5, 0.6) is 11.5 Å². The summed E-state index contributed by atoms with van der Waals surface area (Å²) in [5, 5.41) is 18.5. The number of hydrogen-bond acceptors (Lipinski definition) is 7. The maximum absolute atomic E-state index is 12.9. The standard InChI is InChI=1S/C35H33F6N5O3/c1-32(2)19-28(31(47)33(3,4)45-32)44-26-18-30-27(17-25(26)42-20-9-13-22(14-10-20)48-34(36,37)38)43-24-7-5-6-8-29(24)46(30)21-11-15-23(16-12-21)49-35(39,40)41/h5-18,28,31,42,45,47H,19H2,1-4H3. The van der Waals surface area contributed by atoms with Gasteiger partial charge in [-0.3, -0.25) is 4.99 Å². The zero-order chi connectivity index (χ0) is 35.4. The fraction of sp³-hybridized carbons (Fsp3) is 0.314. The second kappa shape index (κ2) is 12.3. The second-order valence-corrected chi connectivity index (χ2v) is 13.1. The van der Waals surface area contributed by atoms with Gasteiger partial charge < -0.3 is 29.8 Å². The highest BCUT2D eigenvalue weighted by atomic mass is 19.4. The highest BCUT2D eigenvalue weighted by molar-refractivity contribution is 5.84. The molecule has 6 rings (SSSR count). The molecule has 0 bridgehead atoms. The summed E-state index contributed by atoms with van der Waals surface area (Å²) in [6.45, 7) is 7.82. The Labute approximate surface area is 277 Å². The number of aromatic nitrogens is 2. The van der Waals surface area contributed by atoms with Gasteiger partial charge in [0, 0.05) is 22.5 Å². The van der Waals surface area contributed by atoms with Gasteiger partial charge in [0.1, 0.15) is 11.5 Å². The number of benzene rings is 4. The van der Waals surface area contributed by atoms with E-state index in [2.05, 4.69) is 20.1 Å². The third-order valence-electron chi connectivity index (χ3n) is 8.18. The number of nitrogens with one attached hydrogen (secondary N) is 2. The van der Waals surface area contributed by atoms with Crippen LogP contribution >= 0.6 is 0 Å². The van der Waals surface area contributed by atoms with E-state index in [-0.39, 0.29) is 17.0 Å². The van der Waals surface area contributed by atoms with Gasteiger partial charge in [-0.2, -0.15) is 0 Å². The smallest absolute Gasteiger partial charge is 0.406 e. The lowest BCUT2D eigenvalue weighted by atomic mass is 9.77. The number of anilines is 2. The number of aliphatic hydroxyl groups is 1. The van der Waals surface area contributed by atoms with Gasteiger partial charge in [-0.1, -0.05) is 12.1 Å². The zero-order valence-electron chi connectivity index (χ0n) is 26.8. The van der Waals surface area contributed by atoms with Crippen LogP contribution in [0.15, 0.2) is 89.9 Å². The first-order chi connectivity index (χ1) is 22.9. The van der Waals surface area contributed by atoms with Gasteiger partial charge in [0.05, 0.1) is 45.6 Å². The largest absolute Gasteiger partial charge is 0.573 e. The van der Waals surface area contributed by atoms with Crippen LogP contribution in [-0.4, -0.2) is 50.6 Å². The van der Waals surface area contributed by atoms with Gasteiger partial charge in [-0.05, 0) is 107 Å². The minimum absolute atomic E-state index is 0.376. The molecular formula is C35H33F6N5O3. The first kappa shape index (κ1) is 34.1. The highest BCUT2D eigenvalue weighted by Gasteiger charge is 2.45. The van der Waals surface area contributed by atoms with Gasteiger partial charge in [-0.15, -0.1) is 26.3 Å². The Balaban J connectivity index is 1.55. The number of ether oxygens (including phenoxy) is 2. The first-order valence-corrected chi connectivity index (χ1v) is 15.3. The predicted octanol–water partition coefficient (Wildman–Crippen LogP) is 7.85. The quantitative estimate of drug-likeness (QED) is 0.125. The summed E-state index contributed by atoms with van der Waals surface area (Å²) in [4.78, 5) is 9.92. The summed E-state index contributed by atoms with van der Waals surface area (Å²) in [7, 11) is 0. The number of nitrogens with zero attached hydrogens (tertiary/aromatic N) is 3. The van der Waals surface area contributed by atoms with E-state index in [9.17, 15) is 31.4 Å². The summed E-state index contributed by atoms with van der Waals surface area (Å²) in [5.41, 5.74) is 2.65. The van der Waals surface area contributed by atoms with Crippen LogP contribution in [0.2, 0.25) is 0 Å². The molecule has 2 heterocycles. The van der Waals surface area contributed by atoms with E-state index < -0.39 is 30.4 Å². The summed E-state index contributed by atoms with van der Waals surface area (Å²) in [6, 6.07) is 20.9. The Morgan fingerprint density at radius 2 is 1.45 bits per heavy atom. The second-order valence-electron chi connectivity index (χ2n) is 13.1. The number of halogens is 6. The van der Waals surface area contributed by atoms with E-state index in [1.54, 1.807) is 24.3 Å². The molecule has 2 aliphatic heterocycles. The van der Waals surface area contributed by atoms with Crippen LogP contribution in [0, 0.1) is 0 Å². The number of hydrogen-bond donors (Lipinski definition) is 3. The Bertz CT molecular complexity index is 2000. The van der Waals surface area contributed by atoms with Crippen molar-refractivity contribution >= 4 is 22.4 Å². The predicted molar refractivity (Wildman–Crippen MR) is 172 cm³/mol. The fourth-order valence-electron chi connectivity index (χ4n) is 6.43. The molecule has 0 spiro atoms. The Morgan fingerprint density at radius 1 is 0.857 bits per heavy atom. The average molecular weight is 686 g/mol. The minimum Gasteiger partial charge on any atom is -0.406 e. The molecular weight excluding hydrogens is 652 g/mol. The molecule has 2 atom stereocenters. The Hall–Kier alpha value is -4.82. The molecule has 0 radical (unpaired) electrons. The average Bonchev–Trinajstić information content (AvgIpc) is 2.98. The molecule has 0 saturated carbocycles. The van der Waals surface area contributed by atoms with Crippen molar-refractivity contribution in [2.75, 3.05) is 5.32 Å². The number of aliphatic hydroxyl groups excluding tert-OH is 1. The van der Waals surface area contributed by atoms with Gasteiger partial charge in [0.2, 0.25) is 0 Å². The molecule has 8 nitrogen and oxygen atoms in total. The molecule has 1 aliphatic carbocycles. The van der Waals surface area contributed by atoms with E-state index in [4.69, 9.17) is 9.98 Å². The van der Waals surface area contributed by atoms with Crippen molar-refractivity contribution in [3.63, 3.8) is 0 Å². The van der Waals surface area contributed by atoms with Gasteiger partial charge >= 0.3 is 12.7 Å². The molecule has 3 aliphatic rings. The SMILES string of the molecule is CC1(C)CC(N=c2cc3n(-c4ccc(OC(F)(F)F)cc4)c4ccccc4nc-3cc2Nc2ccc(OC(F)(F)F)cc2)C(O)C(C)(C)N1. The molecule has 258 valence electrons. The fourth-order valence-corrected chi connectivity index (χ4v) is 6.43. The summed E-state index contributed by atoms with van der Waals surface area (Å²) in [5.74, 6) is -0.761. The van der Waals surface area contributed by atoms with E-state index in [0.717, 1.165) is 0 Å². The van der Waals surface area contributed by atoms with Crippen LogP contribution < -0.4 is 25.5 Å². The Morgan fingerprint density at radius 3 is 2.06 bits per heavy atom. The van der Waals surface area contributed by atoms with E-state index in [1.165, 1.54) is 48.5 Å². The molecule has 3 aromatic carbocycles. The van der Waals surface area contributed by atoms with Crippen molar-refractivity contribution in [2.45, 2.75) is 70.1 Å². The molecule has 2 unspecified atom stereocenters. The minimum atomic E-state index is -4.85. The molecule has 1 fully saturated rings. The molecule has 3 N–H and O–H groups in total. The van der Waals surface area contributed by atoms with Crippen molar-refractivity contribution < 1.29 is 40.9 Å². The normalized spacial score (nSPS) is 19.6. The maximum Gasteiger partial charge on any atom is 0.573 e. The van der Waals surface area contributed by atoms with E-state index in [1.807, 2.05) is 44.4 Å². The van der Waals surface area contributed by atoms with Crippen LogP contribution in [0.1, 0.15) is 34.1 Å². The molecule has 3 aromatic rings. The van der Waals surface area contributed by atoms with Gasteiger partial charge in [0.15, 0.2) is 0 Å². The van der Waals surface area contributed by atoms with E-state index in [0.29, 0.717) is 51.3 Å². The topological polar surface area (TPSA) is 92.9 Å². The van der Waals surface area contributed by atoms with Gasteiger partial charge in [0.25, 0.3) is 0 Å². The molecule has 49 heavy (non-hydrogen) atoms.